The minimum atomic E-state index is -0.693. The van der Waals surface area contributed by atoms with Gasteiger partial charge in [-0.2, -0.15) is 0 Å². The van der Waals surface area contributed by atoms with Crippen molar-refractivity contribution in [2.45, 2.75) is 0 Å². The lowest BCUT2D eigenvalue weighted by Crippen LogP contribution is -2.14. The molecule has 0 unspecified atom stereocenters. The lowest BCUT2D eigenvalue weighted by Gasteiger charge is -1.93. The van der Waals surface area contributed by atoms with Crippen molar-refractivity contribution in [2.75, 3.05) is 0 Å². The Kier molecular flexibility index (Phi) is 3.53. The van der Waals surface area contributed by atoms with Crippen molar-refractivity contribution in [3.63, 3.8) is 0 Å². The molecule has 1 amide bonds. The molecule has 1 aromatic carbocycles. The molecule has 1 aromatic rings. The fourth-order valence-corrected chi connectivity index (χ4v) is 0.951. The van der Waals surface area contributed by atoms with Crippen molar-refractivity contribution >= 4 is 17.7 Å². The van der Waals surface area contributed by atoms with Gasteiger partial charge in [0.1, 0.15) is 0 Å². The number of rotatable bonds is 3. The maximum absolute atomic E-state index is 10.6. The highest BCUT2D eigenvalue weighted by Crippen LogP contribution is 2.13. The molecule has 0 aromatic heterocycles. The van der Waals surface area contributed by atoms with E-state index in [1.54, 1.807) is 6.07 Å². The van der Waals surface area contributed by atoms with Crippen molar-refractivity contribution in [1.82, 2.24) is 5.48 Å². The molecule has 78 valence electrons. The second kappa shape index (κ2) is 4.87. The molecule has 0 aliphatic heterocycles. The third-order valence-electron chi connectivity index (χ3n) is 1.62. The summed E-state index contributed by atoms with van der Waals surface area (Å²) >= 11 is 0. The van der Waals surface area contributed by atoms with E-state index in [1.165, 1.54) is 29.8 Å². The molecule has 0 radical (unpaired) electrons. The summed E-state index contributed by atoms with van der Waals surface area (Å²) in [4.78, 5) is 20.5. The van der Waals surface area contributed by atoms with Crippen molar-refractivity contribution < 1.29 is 14.9 Å². The molecule has 6 nitrogen and oxygen atoms in total. The molecule has 6 heteroatoms. The van der Waals surface area contributed by atoms with Gasteiger partial charge in [-0.25, -0.2) is 5.48 Å². The molecule has 0 saturated heterocycles. The number of non-ortho nitro benzene ring substituents is 1. The number of hydrogen-bond donors (Lipinski definition) is 2. The molecular formula is C9H8N2O4. The second-order valence-corrected chi connectivity index (χ2v) is 2.66. The van der Waals surface area contributed by atoms with Crippen LogP contribution >= 0.6 is 0 Å². The van der Waals surface area contributed by atoms with Gasteiger partial charge >= 0.3 is 0 Å². The molecule has 0 aliphatic carbocycles. The van der Waals surface area contributed by atoms with E-state index in [9.17, 15) is 14.9 Å². The molecule has 0 aliphatic rings. The minimum absolute atomic E-state index is 0.0541. The maximum Gasteiger partial charge on any atom is 0.270 e. The van der Waals surface area contributed by atoms with Crippen LogP contribution in [0.1, 0.15) is 5.56 Å². The molecule has 0 atom stereocenters. The normalized spacial score (nSPS) is 10.2. The Labute approximate surface area is 84.9 Å². The number of carbonyl (C=O) groups is 1. The number of nitrogens with one attached hydrogen (secondary N) is 1. The third-order valence-corrected chi connectivity index (χ3v) is 1.62. The van der Waals surface area contributed by atoms with Crippen molar-refractivity contribution in [2.24, 2.45) is 0 Å². The van der Waals surface area contributed by atoms with Crippen LogP contribution in [0.25, 0.3) is 6.08 Å². The molecule has 15 heavy (non-hydrogen) atoms. The largest absolute Gasteiger partial charge is 0.288 e. The summed E-state index contributed by atoms with van der Waals surface area (Å²) in [6.45, 7) is 0. The van der Waals surface area contributed by atoms with Crippen LogP contribution in [0.4, 0.5) is 5.69 Å². The van der Waals surface area contributed by atoms with Crippen LogP contribution in [-0.4, -0.2) is 16.0 Å². The van der Waals surface area contributed by atoms with E-state index in [1.807, 2.05) is 0 Å². The van der Waals surface area contributed by atoms with Gasteiger partial charge in [-0.05, 0) is 11.6 Å². The highest BCUT2D eigenvalue weighted by molar-refractivity contribution is 5.90. The van der Waals surface area contributed by atoms with Gasteiger partial charge in [0.2, 0.25) is 0 Å². The Balaban J connectivity index is 2.87. The van der Waals surface area contributed by atoms with Crippen LogP contribution in [0.2, 0.25) is 0 Å². The number of carbonyl (C=O) groups excluding carboxylic acids is 1. The van der Waals surface area contributed by atoms with E-state index < -0.39 is 10.8 Å². The van der Waals surface area contributed by atoms with Crippen LogP contribution in [-0.2, 0) is 4.79 Å². The van der Waals surface area contributed by atoms with Gasteiger partial charge in [-0.15, -0.1) is 0 Å². The van der Waals surface area contributed by atoms with Gasteiger partial charge in [0.25, 0.3) is 11.6 Å². The number of nitro groups is 1. The molecular weight excluding hydrogens is 200 g/mol. The fourth-order valence-electron chi connectivity index (χ4n) is 0.951. The standard InChI is InChI=1S/C9H8N2O4/c12-9(10-13)5-4-7-2-1-3-8(6-7)11(14)15/h1-6,13H,(H,10,12)/b5-4+. The van der Waals surface area contributed by atoms with E-state index in [0.29, 0.717) is 5.56 Å². The van der Waals surface area contributed by atoms with Crippen LogP contribution in [0.3, 0.4) is 0 Å². The van der Waals surface area contributed by atoms with E-state index >= 15 is 0 Å². The monoisotopic (exact) mass is 208 g/mol. The van der Waals surface area contributed by atoms with Crippen LogP contribution in [0, 0.1) is 10.1 Å². The summed E-state index contributed by atoms with van der Waals surface area (Å²) in [5.74, 6) is -0.693. The van der Waals surface area contributed by atoms with E-state index in [2.05, 4.69) is 0 Å². The zero-order valence-electron chi connectivity index (χ0n) is 7.58. The highest BCUT2D eigenvalue weighted by atomic mass is 16.6. The van der Waals surface area contributed by atoms with Gasteiger partial charge in [0.05, 0.1) is 4.92 Å². The molecule has 1 rings (SSSR count). The number of benzene rings is 1. The average Bonchev–Trinajstić information content (AvgIpc) is 2.26. The van der Waals surface area contributed by atoms with Crippen LogP contribution < -0.4 is 5.48 Å². The van der Waals surface area contributed by atoms with Gasteiger partial charge in [-0.3, -0.25) is 20.1 Å². The number of amides is 1. The first-order chi connectivity index (χ1) is 7.13. The SMILES string of the molecule is O=C(/C=C/c1cccc([N+](=O)[O-])c1)NO. The quantitative estimate of drug-likeness (QED) is 0.337. The summed E-state index contributed by atoms with van der Waals surface area (Å²) in [5, 5.41) is 18.6. The number of nitrogens with zero attached hydrogens (tertiary/aromatic N) is 1. The minimum Gasteiger partial charge on any atom is -0.288 e. The molecule has 0 spiro atoms. The molecule has 0 heterocycles. The van der Waals surface area contributed by atoms with E-state index in [0.717, 1.165) is 6.08 Å². The predicted molar refractivity (Wildman–Crippen MR) is 52.1 cm³/mol. The van der Waals surface area contributed by atoms with Gasteiger partial charge in [-0.1, -0.05) is 12.1 Å². The molecule has 0 fully saturated rings. The van der Waals surface area contributed by atoms with Crippen molar-refractivity contribution in [3.05, 3.63) is 46.0 Å². The zero-order valence-corrected chi connectivity index (χ0v) is 7.58. The van der Waals surface area contributed by atoms with Gasteiger partial charge in [0.15, 0.2) is 0 Å². The Morgan fingerprint density at radius 2 is 2.27 bits per heavy atom. The first-order valence-corrected chi connectivity index (χ1v) is 4.00. The Hall–Kier alpha value is -2.21. The summed E-state index contributed by atoms with van der Waals surface area (Å²) in [7, 11) is 0. The summed E-state index contributed by atoms with van der Waals surface area (Å²) in [5.41, 5.74) is 1.87. The topological polar surface area (TPSA) is 92.5 Å². The zero-order chi connectivity index (χ0) is 11.3. The second-order valence-electron chi connectivity index (χ2n) is 2.66. The highest BCUT2D eigenvalue weighted by Gasteiger charge is 2.03. The Morgan fingerprint density at radius 3 is 2.87 bits per heavy atom. The summed E-state index contributed by atoms with van der Waals surface area (Å²) < 4.78 is 0. The summed E-state index contributed by atoms with van der Waals surface area (Å²) in [6.07, 6.45) is 2.43. The Bertz CT molecular complexity index is 414. The predicted octanol–water partition coefficient (Wildman–Crippen LogP) is 1.11. The van der Waals surface area contributed by atoms with Crippen LogP contribution in [0.15, 0.2) is 30.3 Å². The first-order valence-electron chi connectivity index (χ1n) is 4.00. The lowest BCUT2D eigenvalue weighted by molar-refractivity contribution is -0.384. The number of hydroxylamine groups is 1. The fraction of sp³-hybridized carbons (Fsp3) is 0. The number of hydrogen-bond acceptors (Lipinski definition) is 4. The summed E-state index contributed by atoms with van der Waals surface area (Å²) in [6, 6.07) is 5.79. The van der Waals surface area contributed by atoms with E-state index in [4.69, 9.17) is 5.21 Å². The number of nitro benzene ring substituents is 1. The van der Waals surface area contributed by atoms with Crippen LogP contribution in [0.5, 0.6) is 0 Å². The molecule has 0 saturated carbocycles. The molecule has 0 bridgehead atoms. The van der Waals surface area contributed by atoms with Crippen molar-refractivity contribution in [3.8, 4) is 0 Å². The smallest absolute Gasteiger partial charge is 0.270 e. The van der Waals surface area contributed by atoms with Gasteiger partial charge in [0, 0.05) is 18.2 Å². The average molecular weight is 208 g/mol. The Morgan fingerprint density at radius 1 is 1.53 bits per heavy atom. The van der Waals surface area contributed by atoms with Gasteiger partial charge < -0.3 is 0 Å². The lowest BCUT2D eigenvalue weighted by atomic mass is 10.2. The molecule has 2 N–H and O–H groups in total. The first kappa shape index (κ1) is 10.9. The van der Waals surface area contributed by atoms with E-state index in [-0.39, 0.29) is 5.69 Å². The van der Waals surface area contributed by atoms with Crippen molar-refractivity contribution in [1.29, 1.82) is 0 Å². The maximum atomic E-state index is 10.6. The third kappa shape index (κ3) is 3.20.